The van der Waals surface area contributed by atoms with Crippen LogP contribution in [0, 0.1) is 5.82 Å². The number of rotatable bonds is 9. The zero-order valence-corrected chi connectivity index (χ0v) is 27.4. The maximum atomic E-state index is 16.0. The lowest BCUT2D eigenvalue weighted by Gasteiger charge is -2.28. The summed E-state index contributed by atoms with van der Waals surface area (Å²) < 4.78 is 43.5. The molecule has 11 nitrogen and oxygen atoms in total. The van der Waals surface area contributed by atoms with Gasteiger partial charge in [0.2, 0.25) is 0 Å². The van der Waals surface area contributed by atoms with E-state index in [1.54, 1.807) is 65.8 Å². The summed E-state index contributed by atoms with van der Waals surface area (Å²) in [4.78, 5) is 44.2. The Kier molecular flexibility index (Phi) is 10.9. The molecule has 45 heavy (non-hydrogen) atoms. The number of anilines is 2. The summed E-state index contributed by atoms with van der Waals surface area (Å²) in [5.41, 5.74) is -1.24. The number of amides is 2. The summed E-state index contributed by atoms with van der Waals surface area (Å²) >= 11 is 0. The van der Waals surface area contributed by atoms with E-state index in [1.807, 2.05) is 20.8 Å². The van der Waals surface area contributed by atoms with Gasteiger partial charge in [-0.25, -0.2) is 23.8 Å². The van der Waals surface area contributed by atoms with Gasteiger partial charge < -0.3 is 29.0 Å². The first kappa shape index (κ1) is 34.9. The van der Waals surface area contributed by atoms with Crippen LogP contribution < -0.4 is 19.7 Å². The molecule has 1 aromatic heterocycles. The predicted octanol–water partition coefficient (Wildman–Crippen LogP) is 7.56. The van der Waals surface area contributed by atoms with Crippen LogP contribution in [0.2, 0.25) is 0 Å². The number of hydrogen-bond acceptors (Lipinski definition) is 10. The number of pyridine rings is 1. The average Bonchev–Trinajstić information content (AvgIpc) is 2.90. The van der Waals surface area contributed by atoms with Gasteiger partial charge in [0.25, 0.3) is 0 Å². The first-order valence-corrected chi connectivity index (χ1v) is 14.6. The predicted molar refractivity (Wildman–Crippen MR) is 168 cm³/mol. The van der Waals surface area contributed by atoms with E-state index in [1.165, 1.54) is 19.4 Å². The van der Waals surface area contributed by atoms with Crippen molar-refractivity contribution in [1.82, 2.24) is 4.98 Å². The van der Waals surface area contributed by atoms with E-state index in [9.17, 15) is 14.4 Å². The van der Waals surface area contributed by atoms with Gasteiger partial charge in [-0.1, -0.05) is 6.07 Å². The number of methoxy groups -OCH3 is 1. The number of ether oxygens (including phenoxy) is 5. The highest BCUT2D eigenvalue weighted by molar-refractivity contribution is 6.14. The lowest BCUT2D eigenvalue weighted by Crippen LogP contribution is -2.44. The minimum atomic E-state index is -1.08. The van der Waals surface area contributed by atoms with E-state index in [2.05, 4.69) is 10.3 Å². The lowest BCUT2D eigenvalue weighted by atomic mass is 10.0. The number of aromatic nitrogens is 1. The van der Waals surface area contributed by atoms with E-state index in [-0.39, 0.29) is 28.4 Å². The minimum Gasteiger partial charge on any atom is -0.490 e. The molecular weight excluding hydrogens is 585 g/mol. The highest BCUT2D eigenvalue weighted by atomic mass is 19.1. The number of carbonyl (C=O) groups excluding carboxylic acids is 3. The Morgan fingerprint density at radius 1 is 0.933 bits per heavy atom. The Hall–Kier alpha value is -4.61. The van der Waals surface area contributed by atoms with Gasteiger partial charge in [0, 0.05) is 11.9 Å². The van der Waals surface area contributed by atoms with Crippen molar-refractivity contribution in [2.24, 2.45) is 0 Å². The van der Waals surface area contributed by atoms with Gasteiger partial charge in [0.1, 0.15) is 17.0 Å². The first-order valence-electron chi connectivity index (χ1n) is 14.6. The molecule has 0 aliphatic carbocycles. The normalized spacial score (nSPS) is 12.4. The SMILES string of the molecule is CCOc1cc(C(Nc2cc(F)c3c(N(C(=O)OC(C)(C)C)C(=O)OC(C)(C)C)nccc3c2)C(=O)OC)ccc1OC(C)C. The number of benzene rings is 2. The van der Waals surface area contributed by atoms with E-state index in [0.717, 1.165) is 6.07 Å². The molecule has 3 rings (SSSR count). The number of hydrogen-bond donors (Lipinski definition) is 1. The molecule has 1 atom stereocenters. The fourth-order valence-electron chi connectivity index (χ4n) is 4.25. The molecule has 244 valence electrons. The van der Waals surface area contributed by atoms with Gasteiger partial charge in [0.15, 0.2) is 23.4 Å². The molecule has 0 saturated heterocycles. The second-order valence-electron chi connectivity index (χ2n) is 12.4. The number of esters is 1. The third-order valence-corrected chi connectivity index (χ3v) is 5.87. The number of fused-ring (bicyclic) bond motifs is 1. The quantitative estimate of drug-likeness (QED) is 0.188. The maximum Gasteiger partial charge on any atom is 0.425 e. The molecule has 0 bridgehead atoms. The number of nitrogens with one attached hydrogen (secondary N) is 1. The van der Waals surface area contributed by atoms with Gasteiger partial charge >= 0.3 is 18.2 Å². The summed E-state index contributed by atoms with van der Waals surface area (Å²) in [7, 11) is 1.25. The number of carbonyl (C=O) groups is 3. The Labute approximate surface area is 262 Å². The summed E-state index contributed by atoms with van der Waals surface area (Å²) in [5.74, 6) is -0.826. The van der Waals surface area contributed by atoms with Crippen LogP contribution in [0.25, 0.3) is 10.8 Å². The van der Waals surface area contributed by atoms with Gasteiger partial charge in [0.05, 0.1) is 25.2 Å². The molecule has 0 fully saturated rings. The third-order valence-electron chi connectivity index (χ3n) is 5.87. The van der Waals surface area contributed by atoms with E-state index in [4.69, 9.17) is 23.7 Å². The Morgan fingerprint density at radius 3 is 2.09 bits per heavy atom. The van der Waals surface area contributed by atoms with Crippen molar-refractivity contribution in [2.75, 3.05) is 23.9 Å². The summed E-state index contributed by atoms with van der Waals surface area (Å²) in [6, 6.07) is 8.18. The standard InChI is InChI=1S/C33H42FN3O8/c1-11-42-25-17-21(12-13-24(25)43-19(2)3)27(29(38)41-10)36-22-16-20-14-15-35-28(26(20)23(34)18-22)37(30(39)44-32(4,5)6)31(40)45-33(7,8)9/h12-19,27,36H,11H2,1-10H3. The Bertz CT molecular complexity index is 1520. The highest BCUT2D eigenvalue weighted by Gasteiger charge is 2.35. The minimum absolute atomic E-state index is 0.105. The topological polar surface area (TPSA) is 126 Å². The number of halogens is 1. The van der Waals surface area contributed by atoms with Crippen LogP contribution in [0.15, 0.2) is 42.6 Å². The first-order chi connectivity index (χ1) is 20.9. The second kappa shape index (κ2) is 14.0. The zero-order valence-electron chi connectivity index (χ0n) is 27.4. The van der Waals surface area contributed by atoms with Crippen molar-refractivity contribution < 1.29 is 42.5 Å². The van der Waals surface area contributed by atoms with Crippen LogP contribution in [0.1, 0.15) is 73.9 Å². The molecule has 2 aromatic carbocycles. The molecule has 0 aliphatic rings. The summed E-state index contributed by atoms with van der Waals surface area (Å²) in [6.07, 6.45) is -0.952. The van der Waals surface area contributed by atoms with Gasteiger partial charge in [-0.2, -0.15) is 4.90 Å². The van der Waals surface area contributed by atoms with Crippen molar-refractivity contribution in [2.45, 2.75) is 85.7 Å². The smallest absolute Gasteiger partial charge is 0.425 e. The highest BCUT2D eigenvalue weighted by Crippen LogP contribution is 2.36. The van der Waals surface area contributed by atoms with Crippen molar-refractivity contribution in [3.05, 3.63) is 54.0 Å². The fraction of sp³-hybridized carbons (Fsp3) is 0.455. The molecule has 0 aliphatic heterocycles. The van der Waals surface area contributed by atoms with Gasteiger partial charge in [-0.05, 0) is 104 Å². The fourth-order valence-corrected chi connectivity index (χ4v) is 4.25. The van der Waals surface area contributed by atoms with Crippen LogP contribution in [0.4, 0.5) is 25.5 Å². The molecule has 2 amide bonds. The number of nitrogens with zero attached hydrogens (tertiary/aromatic N) is 2. The Morgan fingerprint density at radius 2 is 1.56 bits per heavy atom. The lowest BCUT2D eigenvalue weighted by molar-refractivity contribution is -0.141. The van der Waals surface area contributed by atoms with E-state index < -0.39 is 41.2 Å². The third kappa shape index (κ3) is 9.19. The van der Waals surface area contributed by atoms with Crippen LogP contribution >= 0.6 is 0 Å². The largest absolute Gasteiger partial charge is 0.490 e. The van der Waals surface area contributed by atoms with E-state index >= 15 is 4.39 Å². The second-order valence-corrected chi connectivity index (χ2v) is 12.4. The van der Waals surface area contributed by atoms with Crippen molar-refractivity contribution in [1.29, 1.82) is 0 Å². The van der Waals surface area contributed by atoms with Crippen LogP contribution in [0.5, 0.6) is 11.5 Å². The Balaban J connectivity index is 2.10. The van der Waals surface area contributed by atoms with Crippen LogP contribution in [0.3, 0.4) is 0 Å². The molecule has 0 spiro atoms. The molecule has 1 unspecified atom stereocenters. The van der Waals surface area contributed by atoms with Crippen molar-refractivity contribution >= 4 is 40.4 Å². The monoisotopic (exact) mass is 627 g/mol. The molecule has 1 N–H and O–H groups in total. The van der Waals surface area contributed by atoms with Gasteiger partial charge in [-0.3, -0.25) is 0 Å². The molecule has 0 saturated carbocycles. The maximum absolute atomic E-state index is 16.0. The number of imide groups is 1. The molecular formula is C33H42FN3O8. The average molecular weight is 628 g/mol. The van der Waals surface area contributed by atoms with Crippen molar-refractivity contribution in [3.63, 3.8) is 0 Å². The summed E-state index contributed by atoms with van der Waals surface area (Å²) in [6.45, 7) is 15.8. The van der Waals surface area contributed by atoms with E-state index in [0.29, 0.717) is 28.6 Å². The zero-order chi connectivity index (χ0) is 33.7. The molecule has 3 aromatic rings. The molecule has 0 radical (unpaired) electrons. The van der Waals surface area contributed by atoms with Crippen LogP contribution in [-0.2, 0) is 19.0 Å². The molecule has 1 heterocycles. The van der Waals surface area contributed by atoms with Gasteiger partial charge in [-0.15, -0.1) is 0 Å². The van der Waals surface area contributed by atoms with Crippen molar-refractivity contribution in [3.8, 4) is 11.5 Å². The summed E-state index contributed by atoms with van der Waals surface area (Å²) in [5, 5.41) is 3.18. The molecule has 12 heteroatoms. The van der Waals surface area contributed by atoms with Crippen LogP contribution in [-0.4, -0.2) is 54.2 Å².